The predicted octanol–water partition coefficient (Wildman–Crippen LogP) is 3.99. The minimum Gasteiger partial charge on any atom is -0.364 e. The summed E-state index contributed by atoms with van der Waals surface area (Å²) in [5, 5.41) is 6.47. The molecule has 0 saturated carbocycles. The second kappa shape index (κ2) is 5.29. The molecule has 0 fully saturated rings. The molecule has 3 heteroatoms. The van der Waals surface area contributed by atoms with Crippen LogP contribution in [0.15, 0.2) is 84.9 Å². The van der Waals surface area contributed by atoms with Gasteiger partial charge in [-0.15, -0.1) is 0 Å². The van der Waals surface area contributed by atoms with Crippen LogP contribution in [0.4, 0.5) is 11.4 Å². The van der Waals surface area contributed by atoms with Gasteiger partial charge in [0, 0.05) is 16.9 Å². The fraction of sp³-hybridized carbons (Fsp3) is 0.0500. The SMILES string of the molecule is O=C1Nc2ccccc2[C@]1(Nc1ccccc1)c1ccccc1. The molecule has 0 radical (unpaired) electrons. The van der Waals surface area contributed by atoms with Crippen molar-refractivity contribution in [2.45, 2.75) is 5.54 Å². The molecule has 1 amide bonds. The van der Waals surface area contributed by atoms with E-state index in [1.807, 2.05) is 84.9 Å². The quantitative estimate of drug-likeness (QED) is 0.768. The van der Waals surface area contributed by atoms with Crippen LogP contribution in [-0.2, 0) is 10.3 Å². The van der Waals surface area contributed by atoms with Gasteiger partial charge in [-0.05, 0) is 23.8 Å². The molecule has 1 atom stereocenters. The minimum absolute atomic E-state index is 0.0613. The molecule has 0 aromatic heterocycles. The zero-order valence-electron chi connectivity index (χ0n) is 12.5. The van der Waals surface area contributed by atoms with Crippen molar-refractivity contribution < 1.29 is 4.79 Å². The first-order valence-electron chi connectivity index (χ1n) is 7.60. The molecule has 1 aliphatic heterocycles. The number of benzene rings is 3. The molecule has 0 spiro atoms. The van der Waals surface area contributed by atoms with Crippen LogP contribution in [0.5, 0.6) is 0 Å². The maximum absolute atomic E-state index is 13.0. The lowest BCUT2D eigenvalue weighted by Gasteiger charge is -2.30. The van der Waals surface area contributed by atoms with Gasteiger partial charge in [0.1, 0.15) is 0 Å². The molecule has 0 saturated heterocycles. The fourth-order valence-electron chi connectivity index (χ4n) is 3.17. The largest absolute Gasteiger partial charge is 0.364 e. The molecular weight excluding hydrogens is 284 g/mol. The van der Waals surface area contributed by atoms with E-state index in [0.717, 1.165) is 22.5 Å². The van der Waals surface area contributed by atoms with Crippen molar-refractivity contribution in [1.82, 2.24) is 0 Å². The molecule has 3 nitrogen and oxygen atoms in total. The number of fused-ring (bicyclic) bond motifs is 1. The molecule has 3 aromatic rings. The van der Waals surface area contributed by atoms with Crippen LogP contribution in [-0.4, -0.2) is 5.91 Å². The summed E-state index contributed by atoms with van der Waals surface area (Å²) in [6.45, 7) is 0. The Morgan fingerprint density at radius 3 is 2.09 bits per heavy atom. The van der Waals surface area contributed by atoms with Gasteiger partial charge in [-0.25, -0.2) is 0 Å². The van der Waals surface area contributed by atoms with E-state index in [-0.39, 0.29) is 5.91 Å². The van der Waals surface area contributed by atoms with Gasteiger partial charge >= 0.3 is 0 Å². The van der Waals surface area contributed by atoms with Crippen LogP contribution in [0.25, 0.3) is 0 Å². The standard InChI is InChI=1S/C20H16N2O/c23-19-20(15-9-3-1-4-10-15,22-16-11-5-2-6-12-16)17-13-7-8-14-18(17)21-19/h1-14,22H,(H,21,23)/t20-/m1/s1. The van der Waals surface area contributed by atoms with Crippen LogP contribution in [0, 0.1) is 0 Å². The van der Waals surface area contributed by atoms with Gasteiger partial charge in [-0.3, -0.25) is 4.79 Å². The van der Waals surface area contributed by atoms with Crippen molar-refractivity contribution in [2.75, 3.05) is 10.6 Å². The van der Waals surface area contributed by atoms with Crippen molar-refractivity contribution in [3.05, 3.63) is 96.1 Å². The summed E-state index contributed by atoms with van der Waals surface area (Å²) in [6.07, 6.45) is 0. The van der Waals surface area contributed by atoms with Crippen LogP contribution in [0.2, 0.25) is 0 Å². The average Bonchev–Trinajstić information content (AvgIpc) is 2.89. The van der Waals surface area contributed by atoms with Gasteiger partial charge in [-0.2, -0.15) is 0 Å². The van der Waals surface area contributed by atoms with Crippen molar-refractivity contribution in [1.29, 1.82) is 0 Å². The number of amides is 1. The number of anilines is 2. The number of hydrogen-bond donors (Lipinski definition) is 2. The van der Waals surface area contributed by atoms with E-state index in [2.05, 4.69) is 10.6 Å². The van der Waals surface area contributed by atoms with Gasteiger partial charge in [-0.1, -0.05) is 66.7 Å². The normalized spacial score (nSPS) is 19.0. The summed E-state index contributed by atoms with van der Waals surface area (Å²) in [5.41, 5.74) is 2.71. The zero-order chi connectivity index (χ0) is 15.7. The monoisotopic (exact) mass is 300 g/mol. The Labute approximate surface area is 135 Å². The lowest BCUT2D eigenvalue weighted by atomic mass is 9.83. The Kier molecular flexibility index (Phi) is 3.12. The number of rotatable bonds is 3. The highest BCUT2D eigenvalue weighted by molar-refractivity contribution is 6.10. The fourth-order valence-corrected chi connectivity index (χ4v) is 3.17. The molecule has 0 unspecified atom stereocenters. The van der Waals surface area contributed by atoms with Crippen LogP contribution in [0.3, 0.4) is 0 Å². The van der Waals surface area contributed by atoms with Crippen molar-refractivity contribution in [3.63, 3.8) is 0 Å². The highest BCUT2D eigenvalue weighted by Gasteiger charge is 2.48. The van der Waals surface area contributed by atoms with E-state index >= 15 is 0 Å². The summed E-state index contributed by atoms with van der Waals surface area (Å²) >= 11 is 0. The van der Waals surface area contributed by atoms with Crippen LogP contribution >= 0.6 is 0 Å². The van der Waals surface area contributed by atoms with E-state index < -0.39 is 5.54 Å². The Hall–Kier alpha value is -3.07. The minimum atomic E-state index is -0.917. The molecule has 1 aliphatic rings. The lowest BCUT2D eigenvalue weighted by molar-refractivity contribution is -0.118. The second-order valence-corrected chi connectivity index (χ2v) is 5.61. The van der Waals surface area contributed by atoms with Crippen molar-refractivity contribution in [3.8, 4) is 0 Å². The number of nitrogens with one attached hydrogen (secondary N) is 2. The second-order valence-electron chi connectivity index (χ2n) is 5.61. The maximum Gasteiger partial charge on any atom is 0.259 e. The molecule has 0 bridgehead atoms. The predicted molar refractivity (Wildman–Crippen MR) is 92.4 cm³/mol. The molecular formula is C20H16N2O. The maximum atomic E-state index is 13.0. The molecule has 112 valence electrons. The highest BCUT2D eigenvalue weighted by Crippen LogP contribution is 2.43. The first-order chi connectivity index (χ1) is 11.3. The first kappa shape index (κ1) is 13.6. The van der Waals surface area contributed by atoms with E-state index in [1.54, 1.807) is 0 Å². The summed E-state index contributed by atoms with van der Waals surface area (Å²) < 4.78 is 0. The molecule has 2 N–H and O–H groups in total. The highest BCUT2D eigenvalue weighted by atomic mass is 16.2. The van der Waals surface area contributed by atoms with E-state index in [9.17, 15) is 4.79 Å². The van der Waals surface area contributed by atoms with Crippen LogP contribution < -0.4 is 10.6 Å². The van der Waals surface area contributed by atoms with Gasteiger partial charge in [0.25, 0.3) is 5.91 Å². The molecule has 1 heterocycles. The summed E-state index contributed by atoms with van der Waals surface area (Å²) in [4.78, 5) is 13.0. The topological polar surface area (TPSA) is 41.1 Å². The van der Waals surface area contributed by atoms with Crippen molar-refractivity contribution >= 4 is 17.3 Å². The Bertz CT molecular complexity index is 846. The summed E-state index contributed by atoms with van der Waals surface area (Å²) in [6, 6.07) is 27.5. The van der Waals surface area contributed by atoms with Crippen LogP contribution in [0.1, 0.15) is 11.1 Å². The number of carbonyl (C=O) groups excluding carboxylic acids is 1. The van der Waals surface area contributed by atoms with Gasteiger partial charge < -0.3 is 10.6 Å². The van der Waals surface area contributed by atoms with Gasteiger partial charge in [0.2, 0.25) is 0 Å². The first-order valence-corrected chi connectivity index (χ1v) is 7.60. The average molecular weight is 300 g/mol. The Balaban J connectivity index is 1.94. The summed E-state index contributed by atoms with van der Waals surface area (Å²) in [7, 11) is 0. The number of carbonyl (C=O) groups is 1. The molecule has 23 heavy (non-hydrogen) atoms. The molecule has 0 aliphatic carbocycles. The molecule has 4 rings (SSSR count). The molecule has 3 aromatic carbocycles. The van der Waals surface area contributed by atoms with E-state index in [0.29, 0.717) is 0 Å². The zero-order valence-corrected chi connectivity index (χ0v) is 12.5. The Morgan fingerprint density at radius 2 is 1.35 bits per heavy atom. The van der Waals surface area contributed by atoms with E-state index in [4.69, 9.17) is 0 Å². The van der Waals surface area contributed by atoms with E-state index in [1.165, 1.54) is 0 Å². The third kappa shape index (κ3) is 2.09. The van der Waals surface area contributed by atoms with Gasteiger partial charge in [0.05, 0.1) is 0 Å². The third-order valence-electron chi connectivity index (χ3n) is 4.23. The van der Waals surface area contributed by atoms with Gasteiger partial charge in [0.15, 0.2) is 5.54 Å². The smallest absolute Gasteiger partial charge is 0.259 e. The number of para-hydroxylation sites is 2. The number of hydrogen-bond acceptors (Lipinski definition) is 2. The lowest BCUT2D eigenvalue weighted by Crippen LogP contribution is -2.43. The van der Waals surface area contributed by atoms with Crippen molar-refractivity contribution in [2.24, 2.45) is 0 Å². The Morgan fingerprint density at radius 1 is 0.739 bits per heavy atom. The third-order valence-corrected chi connectivity index (χ3v) is 4.23. The summed E-state index contributed by atoms with van der Waals surface area (Å²) in [5.74, 6) is -0.0613.